The Morgan fingerprint density at radius 2 is 2.05 bits per heavy atom. The summed E-state index contributed by atoms with van der Waals surface area (Å²) in [6, 6.07) is 7.00. The van der Waals surface area contributed by atoms with E-state index < -0.39 is 0 Å². The molecule has 1 aromatic rings. The first kappa shape index (κ1) is 14.4. The van der Waals surface area contributed by atoms with Crippen molar-refractivity contribution in [2.45, 2.75) is 32.2 Å². The fourth-order valence-corrected chi connectivity index (χ4v) is 2.98. The summed E-state index contributed by atoms with van der Waals surface area (Å²) in [7, 11) is 3.79. The van der Waals surface area contributed by atoms with Crippen LogP contribution in [0.1, 0.15) is 36.4 Å². The van der Waals surface area contributed by atoms with Gasteiger partial charge in [-0.1, -0.05) is 17.7 Å². The molecule has 0 spiro atoms. The maximum Gasteiger partial charge on any atom is 0.123 e. The van der Waals surface area contributed by atoms with Crippen LogP contribution in [0.3, 0.4) is 0 Å². The van der Waals surface area contributed by atoms with Gasteiger partial charge in [0.1, 0.15) is 5.75 Å². The molecule has 1 fully saturated rings. The zero-order valence-corrected chi connectivity index (χ0v) is 12.4. The minimum atomic E-state index is 0.477. The van der Waals surface area contributed by atoms with E-state index in [1.165, 1.54) is 37.1 Å². The van der Waals surface area contributed by atoms with Crippen LogP contribution in [-0.4, -0.2) is 38.7 Å². The van der Waals surface area contributed by atoms with Crippen LogP contribution >= 0.6 is 0 Å². The largest absolute Gasteiger partial charge is 0.496 e. The third kappa shape index (κ3) is 3.48. The molecule has 0 radical (unpaired) electrons. The van der Waals surface area contributed by atoms with Crippen molar-refractivity contribution in [3.8, 4) is 5.75 Å². The van der Waals surface area contributed by atoms with Gasteiger partial charge in [0.05, 0.1) is 7.11 Å². The molecule has 1 N–H and O–H groups in total. The normalized spacial score (nSPS) is 17.6. The number of hydrogen-bond donors (Lipinski definition) is 1. The van der Waals surface area contributed by atoms with Crippen molar-refractivity contribution in [2.24, 2.45) is 0 Å². The number of aryl methyl sites for hydroxylation is 1. The lowest BCUT2D eigenvalue weighted by Gasteiger charge is -2.29. The van der Waals surface area contributed by atoms with E-state index in [4.69, 9.17) is 4.74 Å². The van der Waals surface area contributed by atoms with E-state index in [0.29, 0.717) is 6.04 Å². The van der Waals surface area contributed by atoms with E-state index in [1.807, 2.05) is 7.05 Å². The second kappa shape index (κ2) is 6.92. The minimum absolute atomic E-state index is 0.477. The van der Waals surface area contributed by atoms with E-state index >= 15 is 0 Å². The topological polar surface area (TPSA) is 24.5 Å². The van der Waals surface area contributed by atoms with Crippen LogP contribution in [-0.2, 0) is 0 Å². The Morgan fingerprint density at radius 1 is 1.32 bits per heavy atom. The second-order valence-corrected chi connectivity index (χ2v) is 5.40. The Labute approximate surface area is 116 Å². The van der Waals surface area contributed by atoms with Gasteiger partial charge in [-0.2, -0.15) is 0 Å². The fraction of sp³-hybridized carbons (Fsp3) is 0.625. The number of likely N-dealkylation sites (tertiary alicyclic amines) is 1. The highest BCUT2D eigenvalue weighted by molar-refractivity contribution is 5.39. The van der Waals surface area contributed by atoms with Crippen molar-refractivity contribution < 1.29 is 4.74 Å². The fourth-order valence-electron chi connectivity index (χ4n) is 2.98. The van der Waals surface area contributed by atoms with E-state index in [2.05, 4.69) is 35.3 Å². The van der Waals surface area contributed by atoms with Gasteiger partial charge in [-0.05, 0) is 58.9 Å². The molecule has 2 rings (SSSR count). The highest BCUT2D eigenvalue weighted by Gasteiger charge is 2.25. The zero-order chi connectivity index (χ0) is 13.7. The van der Waals surface area contributed by atoms with E-state index in [1.54, 1.807) is 7.11 Å². The van der Waals surface area contributed by atoms with E-state index in [-0.39, 0.29) is 0 Å². The van der Waals surface area contributed by atoms with Gasteiger partial charge in [0.15, 0.2) is 0 Å². The maximum atomic E-state index is 5.57. The number of hydrogen-bond acceptors (Lipinski definition) is 3. The van der Waals surface area contributed by atoms with E-state index in [0.717, 1.165) is 18.7 Å². The number of benzene rings is 1. The van der Waals surface area contributed by atoms with Crippen molar-refractivity contribution in [1.82, 2.24) is 10.2 Å². The Balaban J connectivity index is 2.27. The summed E-state index contributed by atoms with van der Waals surface area (Å²) in [5, 5.41) is 3.28. The number of nitrogens with zero attached hydrogens (tertiary/aromatic N) is 1. The summed E-state index contributed by atoms with van der Waals surface area (Å²) in [5.74, 6) is 1.03. The lowest BCUT2D eigenvalue weighted by molar-refractivity contribution is 0.227. The van der Waals surface area contributed by atoms with Crippen molar-refractivity contribution in [2.75, 3.05) is 33.8 Å². The highest BCUT2D eigenvalue weighted by atomic mass is 16.5. The molecule has 0 aromatic heterocycles. The molecule has 1 heterocycles. The number of methoxy groups -OCH3 is 1. The molecule has 106 valence electrons. The standard InChI is InChI=1S/C16H26N2O/c1-13-6-7-16(19-3)14(12-13)15(8-9-17-2)18-10-4-5-11-18/h6-7,12,15,17H,4-5,8-11H2,1-3H3. The third-order valence-corrected chi connectivity index (χ3v) is 3.99. The maximum absolute atomic E-state index is 5.57. The average molecular weight is 262 g/mol. The second-order valence-electron chi connectivity index (χ2n) is 5.40. The Bertz CT molecular complexity index is 400. The van der Waals surface area contributed by atoms with Crippen LogP contribution in [0.5, 0.6) is 5.75 Å². The van der Waals surface area contributed by atoms with Crippen LogP contribution in [0.2, 0.25) is 0 Å². The lowest BCUT2D eigenvalue weighted by atomic mass is 9.99. The summed E-state index contributed by atoms with van der Waals surface area (Å²) in [4.78, 5) is 2.61. The van der Waals surface area contributed by atoms with Crippen molar-refractivity contribution in [3.63, 3.8) is 0 Å². The van der Waals surface area contributed by atoms with Crippen molar-refractivity contribution in [3.05, 3.63) is 29.3 Å². The van der Waals surface area contributed by atoms with Crippen LogP contribution in [0.15, 0.2) is 18.2 Å². The van der Waals surface area contributed by atoms with Gasteiger partial charge < -0.3 is 10.1 Å². The van der Waals surface area contributed by atoms with Gasteiger partial charge >= 0.3 is 0 Å². The lowest BCUT2D eigenvalue weighted by Crippen LogP contribution is -2.28. The molecule has 0 amide bonds. The first-order chi connectivity index (χ1) is 9.26. The summed E-state index contributed by atoms with van der Waals surface area (Å²) >= 11 is 0. The number of nitrogens with one attached hydrogen (secondary N) is 1. The first-order valence-corrected chi connectivity index (χ1v) is 7.29. The van der Waals surface area contributed by atoms with Crippen LogP contribution < -0.4 is 10.1 Å². The van der Waals surface area contributed by atoms with Gasteiger partial charge in [-0.15, -0.1) is 0 Å². The predicted octanol–water partition coefficient (Wildman–Crippen LogP) is 2.75. The van der Waals surface area contributed by atoms with Crippen molar-refractivity contribution >= 4 is 0 Å². The molecule has 1 aliphatic rings. The molecule has 0 bridgehead atoms. The molecule has 3 nitrogen and oxygen atoms in total. The molecule has 1 atom stereocenters. The van der Waals surface area contributed by atoms with Gasteiger partial charge in [0.2, 0.25) is 0 Å². The molecule has 3 heteroatoms. The van der Waals surface area contributed by atoms with Gasteiger partial charge in [-0.3, -0.25) is 4.90 Å². The molecule has 1 unspecified atom stereocenters. The summed E-state index contributed by atoms with van der Waals surface area (Å²) in [6.07, 6.45) is 3.78. The summed E-state index contributed by atoms with van der Waals surface area (Å²) in [6.45, 7) is 5.62. The minimum Gasteiger partial charge on any atom is -0.496 e. The highest BCUT2D eigenvalue weighted by Crippen LogP contribution is 2.34. The van der Waals surface area contributed by atoms with Crippen LogP contribution in [0.25, 0.3) is 0 Å². The molecule has 1 aliphatic heterocycles. The zero-order valence-electron chi connectivity index (χ0n) is 12.4. The first-order valence-electron chi connectivity index (χ1n) is 7.29. The molecule has 1 saturated heterocycles. The van der Waals surface area contributed by atoms with E-state index in [9.17, 15) is 0 Å². The molecule has 0 aliphatic carbocycles. The third-order valence-electron chi connectivity index (χ3n) is 3.99. The number of rotatable bonds is 6. The molecular formula is C16H26N2O. The quantitative estimate of drug-likeness (QED) is 0.853. The van der Waals surface area contributed by atoms with Crippen LogP contribution in [0.4, 0.5) is 0 Å². The molecule has 1 aromatic carbocycles. The van der Waals surface area contributed by atoms with Gasteiger partial charge in [-0.25, -0.2) is 0 Å². The SMILES string of the molecule is CNCCC(c1cc(C)ccc1OC)N1CCCC1. The Kier molecular flexibility index (Phi) is 5.23. The van der Waals surface area contributed by atoms with Gasteiger partial charge in [0, 0.05) is 11.6 Å². The monoisotopic (exact) mass is 262 g/mol. The van der Waals surface area contributed by atoms with Crippen LogP contribution in [0, 0.1) is 6.92 Å². The summed E-state index contributed by atoms with van der Waals surface area (Å²) in [5.41, 5.74) is 2.66. The molecular weight excluding hydrogens is 236 g/mol. The Morgan fingerprint density at radius 3 is 2.68 bits per heavy atom. The average Bonchev–Trinajstić information content (AvgIpc) is 2.93. The Hall–Kier alpha value is -1.06. The summed E-state index contributed by atoms with van der Waals surface area (Å²) < 4.78 is 5.57. The number of ether oxygens (including phenoxy) is 1. The van der Waals surface area contributed by atoms with Gasteiger partial charge in [0.25, 0.3) is 0 Å². The van der Waals surface area contributed by atoms with Crippen molar-refractivity contribution in [1.29, 1.82) is 0 Å². The predicted molar refractivity (Wildman–Crippen MR) is 79.8 cm³/mol. The molecule has 19 heavy (non-hydrogen) atoms. The smallest absolute Gasteiger partial charge is 0.123 e. The molecule has 0 saturated carbocycles.